The van der Waals surface area contributed by atoms with Gasteiger partial charge in [0.25, 0.3) is 5.91 Å². The normalized spacial score (nSPS) is 17.2. The predicted molar refractivity (Wildman–Crippen MR) is 87.2 cm³/mol. The zero-order chi connectivity index (χ0) is 16.4. The molecule has 6 heteroatoms. The van der Waals surface area contributed by atoms with E-state index in [2.05, 4.69) is 15.2 Å². The third-order valence-electron chi connectivity index (χ3n) is 4.21. The van der Waals surface area contributed by atoms with Crippen LogP contribution < -0.4 is 0 Å². The lowest BCUT2D eigenvalue weighted by Crippen LogP contribution is -2.28. The van der Waals surface area contributed by atoms with Gasteiger partial charge in [0.05, 0.1) is 5.92 Å². The molecule has 0 saturated carbocycles. The van der Waals surface area contributed by atoms with Crippen molar-refractivity contribution in [3.8, 4) is 11.5 Å². The van der Waals surface area contributed by atoms with E-state index < -0.39 is 0 Å². The molecule has 0 aliphatic carbocycles. The van der Waals surface area contributed by atoms with Crippen molar-refractivity contribution in [1.82, 2.24) is 20.1 Å². The average molecular weight is 320 g/mol. The molecule has 1 aromatic carbocycles. The molecule has 1 aliphatic rings. The molecule has 1 atom stereocenters. The Morgan fingerprint density at radius 3 is 2.67 bits per heavy atom. The summed E-state index contributed by atoms with van der Waals surface area (Å²) in [6.45, 7) is 1.28. The van der Waals surface area contributed by atoms with Crippen LogP contribution >= 0.6 is 0 Å². The van der Waals surface area contributed by atoms with Crippen LogP contribution in [0.1, 0.15) is 28.6 Å². The fraction of sp³-hybridized carbons (Fsp3) is 0.222. The molecule has 0 unspecified atom stereocenters. The Morgan fingerprint density at radius 2 is 1.88 bits per heavy atom. The van der Waals surface area contributed by atoms with Gasteiger partial charge in [0.2, 0.25) is 11.8 Å². The first kappa shape index (κ1) is 14.6. The molecule has 120 valence electrons. The SMILES string of the molecule is O=C(c1ccncc1)N1CC[C@H](c2nnc(-c3ccccc3)o2)C1. The molecule has 0 N–H and O–H groups in total. The van der Waals surface area contributed by atoms with Crippen molar-refractivity contribution in [3.63, 3.8) is 0 Å². The zero-order valence-corrected chi connectivity index (χ0v) is 13.0. The monoisotopic (exact) mass is 320 g/mol. The maximum atomic E-state index is 12.5. The van der Waals surface area contributed by atoms with E-state index in [-0.39, 0.29) is 11.8 Å². The summed E-state index contributed by atoms with van der Waals surface area (Å²) in [5.74, 6) is 1.21. The van der Waals surface area contributed by atoms with Crippen molar-refractivity contribution in [1.29, 1.82) is 0 Å². The second kappa shape index (κ2) is 6.23. The van der Waals surface area contributed by atoms with Crippen LogP contribution in [0.5, 0.6) is 0 Å². The number of pyridine rings is 1. The van der Waals surface area contributed by atoms with Crippen molar-refractivity contribution in [2.75, 3.05) is 13.1 Å². The summed E-state index contributed by atoms with van der Waals surface area (Å²) >= 11 is 0. The zero-order valence-electron chi connectivity index (χ0n) is 13.0. The Balaban J connectivity index is 1.48. The van der Waals surface area contributed by atoms with Crippen molar-refractivity contribution in [3.05, 3.63) is 66.3 Å². The highest BCUT2D eigenvalue weighted by Gasteiger charge is 2.31. The molecule has 0 radical (unpaired) electrons. The van der Waals surface area contributed by atoms with Crippen LogP contribution in [0.2, 0.25) is 0 Å². The first-order valence-corrected chi connectivity index (χ1v) is 7.89. The van der Waals surface area contributed by atoms with E-state index in [9.17, 15) is 4.79 Å². The number of hydrogen-bond acceptors (Lipinski definition) is 5. The number of rotatable bonds is 3. The van der Waals surface area contributed by atoms with Crippen LogP contribution in [0.4, 0.5) is 0 Å². The molecule has 1 aliphatic heterocycles. The van der Waals surface area contributed by atoms with Gasteiger partial charge in [-0.2, -0.15) is 0 Å². The molecule has 6 nitrogen and oxygen atoms in total. The highest BCUT2D eigenvalue weighted by atomic mass is 16.4. The molecule has 4 rings (SSSR count). The summed E-state index contributed by atoms with van der Waals surface area (Å²) in [6.07, 6.45) is 4.09. The minimum Gasteiger partial charge on any atom is -0.420 e. The summed E-state index contributed by atoms with van der Waals surface area (Å²) in [4.78, 5) is 18.3. The number of hydrogen-bond donors (Lipinski definition) is 0. The Hall–Kier alpha value is -3.02. The van der Waals surface area contributed by atoms with Gasteiger partial charge in [0.15, 0.2) is 0 Å². The largest absolute Gasteiger partial charge is 0.420 e. The second-order valence-corrected chi connectivity index (χ2v) is 5.78. The Labute approximate surface area is 139 Å². The van der Waals surface area contributed by atoms with E-state index >= 15 is 0 Å². The van der Waals surface area contributed by atoms with Crippen LogP contribution in [0.3, 0.4) is 0 Å². The van der Waals surface area contributed by atoms with Gasteiger partial charge in [-0.25, -0.2) is 0 Å². The molecule has 1 amide bonds. The van der Waals surface area contributed by atoms with Crippen LogP contribution in [0, 0.1) is 0 Å². The lowest BCUT2D eigenvalue weighted by atomic mass is 10.1. The minimum atomic E-state index is 0.0164. The number of likely N-dealkylation sites (tertiary alicyclic amines) is 1. The smallest absolute Gasteiger partial charge is 0.253 e. The van der Waals surface area contributed by atoms with E-state index in [0.29, 0.717) is 30.4 Å². The number of carbonyl (C=O) groups is 1. The van der Waals surface area contributed by atoms with E-state index in [1.807, 2.05) is 35.2 Å². The molecule has 3 aromatic rings. The number of benzene rings is 1. The van der Waals surface area contributed by atoms with Gasteiger partial charge in [0, 0.05) is 36.6 Å². The summed E-state index contributed by atoms with van der Waals surface area (Å²) in [5.41, 5.74) is 1.56. The molecule has 24 heavy (non-hydrogen) atoms. The summed E-state index contributed by atoms with van der Waals surface area (Å²) in [6, 6.07) is 13.1. The van der Waals surface area contributed by atoms with Crippen molar-refractivity contribution < 1.29 is 9.21 Å². The van der Waals surface area contributed by atoms with Gasteiger partial charge in [-0.05, 0) is 30.7 Å². The number of amides is 1. The first-order valence-electron chi connectivity index (χ1n) is 7.89. The van der Waals surface area contributed by atoms with E-state index in [0.717, 1.165) is 12.0 Å². The van der Waals surface area contributed by atoms with Crippen molar-refractivity contribution in [2.45, 2.75) is 12.3 Å². The third kappa shape index (κ3) is 2.78. The summed E-state index contributed by atoms with van der Waals surface area (Å²) in [7, 11) is 0. The van der Waals surface area contributed by atoms with E-state index in [1.54, 1.807) is 24.5 Å². The third-order valence-corrected chi connectivity index (χ3v) is 4.21. The molecule has 3 heterocycles. The summed E-state index contributed by atoms with van der Waals surface area (Å²) in [5, 5.41) is 8.31. The summed E-state index contributed by atoms with van der Waals surface area (Å²) < 4.78 is 5.82. The van der Waals surface area contributed by atoms with Gasteiger partial charge in [-0.3, -0.25) is 9.78 Å². The topological polar surface area (TPSA) is 72.1 Å². The fourth-order valence-electron chi connectivity index (χ4n) is 2.92. The van der Waals surface area contributed by atoms with E-state index in [4.69, 9.17) is 4.42 Å². The second-order valence-electron chi connectivity index (χ2n) is 5.78. The van der Waals surface area contributed by atoms with Crippen molar-refractivity contribution >= 4 is 5.91 Å². The van der Waals surface area contributed by atoms with Gasteiger partial charge < -0.3 is 9.32 Å². The van der Waals surface area contributed by atoms with Gasteiger partial charge in [-0.15, -0.1) is 10.2 Å². The Kier molecular flexibility index (Phi) is 3.78. The van der Waals surface area contributed by atoms with Crippen LogP contribution in [0.15, 0.2) is 59.3 Å². The Bertz CT molecular complexity index is 832. The number of carbonyl (C=O) groups excluding carboxylic acids is 1. The maximum Gasteiger partial charge on any atom is 0.253 e. The molecule has 1 saturated heterocycles. The number of nitrogens with zero attached hydrogens (tertiary/aromatic N) is 4. The lowest BCUT2D eigenvalue weighted by molar-refractivity contribution is 0.0790. The highest BCUT2D eigenvalue weighted by Crippen LogP contribution is 2.29. The van der Waals surface area contributed by atoms with Crippen LogP contribution in [0.25, 0.3) is 11.5 Å². The Morgan fingerprint density at radius 1 is 1.08 bits per heavy atom. The molecule has 0 spiro atoms. The van der Waals surface area contributed by atoms with Gasteiger partial charge in [-0.1, -0.05) is 18.2 Å². The van der Waals surface area contributed by atoms with Gasteiger partial charge in [0.1, 0.15) is 0 Å². The lowest BCUT2D eigenvalue weighted by Gasteiger charge is -2.15. The standard InChI is InChI=1S/C18H16N4O2/c23-18(14-6-9-19-10-7-14)22-11-8-15(12-22)17-21-20-16(24-17)13-4-2-1-3-5-13/h1-7,9-10,15H,8,11-12H2/t15-/m0/s1. The van der Waals surface area contributed by atoms with Crippen molar-refractivity contribution in [2.24, 2.45) is 0 Å². The molecular formula is C18H16N4O2. The maximum absolute atomic E-state index is 12.5. The predicted octanol–water partition coefficient (Wildman–Crippen LogP) is 2.76. The highest BCUT2D eigenvalue weighted by molar-refractivity contribution is 5.94. The minimum absolute atomic E-state index is 0.0164. The number of aromatic nitrogens is 3. The molecule has 0 bridgehead atoms. The molecule has 2 aromatic heterocycles. The van der Waals surface area contributed by atoms with Crippen LogP contribution in [-0.2, 0) is 0 Å². The fourth-order valence-corrected chi connectivity index (χ4v) is 2.92. The quantitative estimate of drug-likeness (QED) is 0.742. The van der Waals surface area contributed by atoms with Crippen LogP contribution in [-0.4, -0.2) is 39.1 Å². The van der Waals surface area contributed by atoms with Gasteiger partial charge >= 0.3 is 0 Å². The average Bonchev–Trinajstić information content (AvgIpc) is 3.32. The molecule has 1 fully saturated rings. The first-order chi connectivity index (χ1) is 11.8. The van der Waals surface area contributed by atoms with E-state index in [1.165, 1.54) is 0 Å². The molecular weight excluding hydrogens is 304 g/mol.